The molecule has 1 N–H and O–H groups in total. The molecule has 1 aliphatic rings. The van der Waals surface area contributed by atoms with Crippen molar-refractivity contribution < 1.29 is 18.4 Å². The van der Waals surface area contributed by atoms with Crippen LogP contribution in [-0.4, -0.2) is 48.0 Å². The zero-order valence-corrected chi connectivity index (χ0v) is 14.6. The molecule has 1 aromatic carbocycles. The first-order chi connectivity index (χ1) is 12.0. The Morgan fingerprint density at radius 2 is 2.04 bits per heavy atom. The summed E-state index contributed by atoms with van der Waals surface area (Å²) in [7, 11) is -2.13. The number of rotatable bonds is 5. The maximum atomic E-state index is 12.8. The molecule has 1 aliphatic heterocycles. The topological polar surface area (TPSA) is 92.1 Å². The van der Waals surface area contributed by atoms with Crippen LogP contribution in [0, 0.1) is 0 Å². The smallest absolute Gasteiger partial charge is 0.220 e. The molecule has 0 atom stereocenters. The van der Waals surface area contributed by atoms with E-state index in [4.69, 9.17) is 4.74 Å². The second-order valence-corrected chi connectivity index (χ2v) is 7.71. The monoisotopic (exact) mass is 361 g/mol. The molecule has 0 bridgehead atoms. The molecule has 0 saturated carbocycles. The molecule has 0 fully saturated rings. The van der Waals surface area contributed by atoms with Crippen LogP contribution in [0.3, 0.4) is 0 Å². The van der Waals surface area contributed by atoms with Crippen LogP contribution in [0.2, 0.25) is 0 Å². The lowest BCUT2D eigenvalue weighted by Crippen LogP contribution is -2.39. The van der Waals surface area contributed by atoms with E-state index >= 15 is 0 Å². The van der Waals surface area contributed by atoms with Crippen LogP contribution in [0.4, 0.5) is 0 Å². The predicted molar refractivity (Wildman–Crippen MR) is 93.5 cm³/mol. The summed E-state index contributed by atoms with van der Waals surface area (Å²) in [5, 5.41) is 12.4. The number of hydrogen-bond donors (Lipinski definition) is 1. The molecule has 1 aromatic heterocycles. The van der Waals surface area contributed by atoms with E-state index < -0.39 is 10.0 Å². The average molecular weight is 361 g/mol. The Bertz CT molecular complexity index is 879. The molecular weight excluding hydrogens is 342 g/mol. The Hall–Kier alpha value is -2.45. The average Bonchev–Trinajstić information content (AvgIpc) is 2.66. The fourth-order valence-corrected chi connectivity index (χ4v) is 4.27. The lowest BCUT2D eigenvalue weighted by atomic mass is 10.0. The van der Waals surface area contributed by atoms with Crippen molar-refractivity contribution in [3.8, 4) is 5.88 Å². The van der Waals surface area contributed by atoms with Gasteiger partial charge >= 0.3 is 0 Å². The maximum absolute atomic E-state index is 12.8. The Balaban J connectivity index is 1.78. The van der Waals surface area contributed by atoms with Gasteiger partial charge in [-0.05, 0) is 23.6 Å². The van der Waals surface area contributed by atoms with E-state index in [9.17, 15) is 13.6 Å². The van der Waals surface area contributed by atoms with E-state index in [0.29, 0.717) is 31.0 Å². The third-order valence-corrected chi connectivity index (χ3v) is 5.94. The Labute approximate surface area is 146 Å². The third kappa shape index (κ3) is 3.80. The normalized spacial score (nSPS) is 15.6. The SMILES string of the molecule is COc1ccc(C(CS(=O)(=O)N2CCc3ccccc3C2)=NO)cn1. The number of aromatic nitrogens is 1. The van der Waals surface area contributed by atoms with Gasteiger partial charge in [0, 0.05) is 30.9 Å². The molecule has 0 saturated heterocycles. The van der Waals surface area contributed by atoms with Gasteiger partial charge < -0.3 is 9.94 Å². The van der Waals surface area contributed by atoms with Gasteiger partial charge in [-0.1, -0.05) is 29.4 Å². The van der Waals surface area contributed by atoms with E-state index in [2.05, 4.69) is 10.1 Å². The molecule has 0 aliphatic carbocycles. The van der Waals surface area contributed by atoms with Gasteiger partial charge in [0.2, 0.25) is 15.9 Å². The summed E-state index contributed by atoms with van der Waals surface area (Å²) >= 11 is 0. The van der Waals surface area contributed by atoms with Crippen LogP contribution in [0.5, 0.6) is 5.88 Å². The van der Waals surface area contributed by atoms with Crippen molar-refractivity contribution in [1.82, 2.24) is 9.29 Å². The van der Waals surface area contributed by atoms with Crippen LogP contribution >= 0.6 is 0 Å². The molecule has 25 heavy (non-hydrogen) atoms. The molecule has 0 spiro atoms. The van der Waals surface area contributed by atoms with E-state index in [1.54, 1.807) is 12.1 Å². The summed E-state index contributed by atoms with van der Waals surface area (Å²) in [5.74, 6) is 0.0104. The highest BCUT2D eigenvalue weighted by Crippen LogP contribution is 2.21. The fourth-order valence-electron chi connectivity index (χ4n) is 2.81. The molecule has 132 valence electrons. The highest BCUT2D eigenvalue weighted by molar-refractivity contribution is 7.89. The van der Waals surface area contributed by atoms with Gasteiger partial charge in [-0.15, -0.1) is 0 Å². The lowest BCUT2D eigenvalue weighted by molar-refractivity contribution is 0.318. The lowest BCUT2D eigenvalue weighted by Gasteiger charge is -2.28. The summed E-state index contributed by atoms with van der Waals surface area (Å²) < 4.78 is 31.9. The number of oxime groups is 1. The van der Waals surface area contributed by atoms with E-state index in [1.807, 2.05) is 24.3 Å². The summed E-state index contributed by atoms with van der Waals surface area (Å²) in [6.45, 7) is 0.747. The van der Waals surface area contributed by atoms with Gasteiger partial charge in [0.05, 0.1) is 7.11 Å². The Morgan fingerprint density at radius 3 is 2.68 bits per heavy atom. The Kier molecular flexibility index (Phi) is 5.00. The summed E-state index contributed by atoms with van der Waals surface area (Å²) in [5.41, 5.74) is 2.66. The number of hydrogen-bond acceptors (Lipinski definition) is 6. The first kappa shape index (κ1) is 17.4. The zero-order chi connectivity index (χ0) is 17.9. The number of sulfonamides is 1. The molecule has 0 unspecified atom stereocenters. The minimum Gasteiger partial charge on any atom is -0.481 e. The van der Waals surface area contributed by atoms with Gasteiger partial charge in [-0.3, -0.25) is 0 Å². The largest absolute Gasteiger partial charge is 0.481 e. The van der Waals surface area contributed by atoms with Crippen LogP contribution in [0.25, 0.3) is 0 Å². The van der Waals surface area contributed by atoms with Crippen LogP contribution in [-0.2, 0) is 23.0 Å². The van der Waals surface area contributed by atoms with Gasteiger partial charge in [0.25, 0.3) is 0 Å². The fraction of sp³-hybridized carbons (Fsp3) is 0.294. The molecular formula is C17H19N3O4S. The highest BCUT2D eigenvalue weighted by atomic mass is 32.2. The standard InChI is InChI=1S/C17H19N3O4S/c1-24-17-7-6-14(10-18-17)16(19-21)12-25(22,23)20-9-8-13-4-2-3-5-15(13)11-20/h2-7,10,21H,8-9,11-12H2,1H3. The molecule has 0 radical (unpaired) electrons. The summed E-state index contributed by atoms with van der Waals surface area (Å²) in [6, 6.07) is 11.0. The van der Waals surface area contributed by atoms with Crippen LogP contribution in [0.15, 0.2) is 47.8 Å². The van der Waals surface area contributed by atoms with Gasteiger partial charge in [0.1, 0.15) is 11.5 Å². The number of ether oxygens (including phenoxy) is 1. The summed E-state index contributed by atoms with van der Waals surface area (Å²) in [4.78, 5) is 4.02. The van der Waals surface area contributed by atoms with Gasteiger partial charge in [0.15, 0.2) is 0 Å². The number of benzene rings is 1. The van der Waals surface area contributed by atoms with E-state index in [0.717, 1.165) is 5.56 Å². The number of nitrogens with zero attached hydrogens (tertiary/aromatic N) is 3. The molecule has 0 amide bonds. The van der Waals surface area contributed by atoms with E-state index in [1.165, 1.54) is 23.2 Å². The van der Waals surface area contributed by atoms with Gasteiger partial charge in [-0.25, -0.2) is 13.4 Å². The molecule has 7 nitrogen and oxygen atoms in total. The van der Waals surface area contributed by atoms with Gasteiger partial charge in [-0.2, -0.15) is 4.31 Å². The molecule has 8 heteroatoms. The van der Waals surface area contributed by atoms with Crippen molar-refractivity contribution in [1.29, 1.82) is 0 Å². The van der Waals surface area contributed by atoms with Crippen molar-refractivity contribution in [3.05, 3.63) is 59.3 Å². The van der Waals surface area contributed by atoms with Crippen molar-refractivity contribution in [2.24, 2.45) is 5.16 Å². The highest BCUT2D eigenvalue weighted by Gasteiger charge is 2.28. The van der Waals surface area contributed by atoms with E-state index in [-0.39, 0.29) is 11.5 Å². The quantitative estimate of drug-likeness (QED) is 0.497. The minimum absolute atomic E-state index is 0.0500. The van der Waals surface area contributed by atoms with Crippen molar-refractivity contribution in [2.75, 3.05) is 19.4 Å². The zero-order valence-electron chi connectivity index (χ0n) is 13.8. The van der Waals surface area contributed by atoms with Crippen molar-refractivity contribution in [3.63, 3.8) is 0 Å². The van der Waals surface area contributed by atoms with Crippen LogP contribution in [0.1, 0.15) is 16.7 Å². The number of methoxy groups -OCH3 is 1. The first-order valence-electron chi connectivity index (χ1n) is 7.79. The number of pyridine rings is 1. The van der Waals surface area contributed by atoms with Crippen molar-refractivity contribution in [2.45, 2.75) is 13.0 Å². The first-order valence-corrected chi connectivity index (χ1v) is 9.40. The molecule has 2 heterocycles. The molecule has 3 rings (SSSR count). The second kappa shape index (κ2) is 7.20. The van der Waals surface area contributed by atoms with Crippen molar-refractivity contribution >= 4 is 15.7 Å². The predicted octanol–water partition coefficient (Wildman–Crippen LogP) is 1.66. The summed E-state index contributed by atoms with van der Waals surface area (Å²) in [6.07, 6.45) is 2.10. The number of fused-ring (bicyclic) bond motifs is 1. The third-order valence-electron chi connectivity index (χ3n) is 4.21. The Morgan fingerprint density at radius 1 is 1.28 bits per heavy atom. The minimum atomic E-state index is -3.62. The second-order valence-electron chi connectivity index (χ2n) is 5.74. The molecule has 2 aromatic rings. The van der Waals surface area contributed by atoms with Crippen LogP contribution < -0.4 is 4.74 Å². The maximum Gasteiger partial charge on any atom is 0.220 e.